The van der Waals surface area contributed by atoms with Crippen LogP contribution in [0.5, 0.6) is 0 Å². The number of aliphatic carboxylic acids is 1. The van der Waals surface area contributed by atoms with Crippen LogP contribution in [-0.2, 0) is 46.4 Å². The zero-order valence-electron chi connectivity index (χ0n) is 36.0. The van der Waals surface area contributed by atoms with Crippen molar-refractivity contribution in [3.8, 4) is 0 Å². The SMILES string of the molecule is CC(C)[C@H](NC(=O)[C@H](CCCCN)NC(=O)[C@@H]1CCCN1C(=O)[C@@H]1CCCN1C(=O)[C@H](Cc1cnc[nH]1)NC(=O)[C@@H](NC(=O)[C@@H](N)Cc1c[nH]c2ccccc12)C(C)C)C(=O)O. The van der Waals surface area contributed by atoms with Crippen LogP contribution in [0.25, 0.3) is 10.9 Å². The van der Waals surface area contributed by atoms with Gasteiger partial charge in [0.15, 0.2) is 0 Å². The first-order chi connectivity index (χ1) is 29.6. The summed E-state index contributed by atoms with van der Waals surface area (Å²) in [6, 6.07) is 0.425. The number of carboxylic acids is 1. The molecule has 2 aliphatic rings. The van der Waals surface area contributed by atoms with Crippen molar-refractivity contribution in [1.29, 1.82) is 0 Å². The number of rotatable bonds is 21. The summed E-state index contributed by atoms with van der Waals surface area (Å²) in [6.45, 7) is 7.73. The van der Waals surface area contributed by atoms with E-state index in [9.17, 15) is 38.7 Å². The first kappa shape index (κ1) is 47.2. The van der Waals surface area contributed by atoms with Crippen molar-refractivity contribution >= 4 is 52.3 Å². The van der Waals surface area contributed by atoms with Gasteiger partial charge in [0.1, 0.15) is 36.3 Å². The average Bonchev–Trinajstić information content (AvgIpc) is 4.08. The number of likely N-dealkylation sites (tertiary alicyclic amines) is 2. The number of nitrogens with two attached hydrogens (primary N) is 2. The maximum atomic E-state index is 14.5. The van der Waals surface area contributed by atoms with Gasteiger partial charge in [-0.05, 0) is 81.4 Å². The Morgan fingerprint density at radius 1 is 0.806 bits per heavy atom. The summed E-state index contributed by atoms with van der Waals surface area (Å²) < 4.78 is 0. The van der Waals surface area contributed by atoms with Crippen LogP contribution >= 0.6 is 0 Å². The number of carboxylic acid groups (broad SMARTS) is 1. The van der Waals surface area contributed by atoms with Crippen LogP contribution in [0.4, 0.5) is 0 Å². The number of carbonyl (C=O) groups excluding carboxylic acids is 6. The summed E-state index contributed by atoms with van der Waals surface area (Å²) in [5.74, 6) is -5.25. The molecule has 0 bridgehead atoms. The van der Waals surface area contributed by atoms with Crippen molar-refractivity contribution in [1.82, 2.24) is 46.0 Å². The van der Waals surface area contributed by atoms with E-state index in [1.165, 1.54) is 22.3 Å². The predicted octanol–water partition coefficient (Wildman–Crippen LogP) is 0.450. The Morgan fingerprint density at radius 3 is 2.15 bits per heavy atom. The lowest BCUT2D eigenvalue weighted by molar-refractivity contribution is -0.148. The number of H-pyrrole nitrogens is 2. The minimum absolute atomic E-state index is 0.0166. The molecule has 6 amide bonds. The van der Waals surface area contributed by atoms with E-state index in [1.54, 1.807) is 27.7 Å². The van der Waals surface area contributed by atoms with Crippen LogP contribution in [0.15, 0.2) is 43.0 Å². The second kappa shape index (κ2) is 21.8. The number of aromatic amines is 2. The molecule has 5 rings (SSSR count). The number of unbranched alkanes of at least 4 members (excludes halogenated alkanes) is 1. The fraction of sp³-hybridized carbons (Fsp3) is 0.581. The van der Waals surface area contributed by atoms with Crippen molar-refractivity contribution in [2.75, 3.05) is 19.6 Å². The maximum absolute atomic E-state index is 14.5. The molecule has 7 atom stereocenters. The number of imidazole rings is 1. The van der Waals surface area contributed by atoms with E-state index in [4.69, 9.17) is 11.5 Å². The van der Waals surface area contributed by atoms with Crippen LogP contribution in [-0.4, -0.2) is 133 Å². The highest BCUT2D eigenvalue weighted by atomic mass is 16.4. The second-order valence-electron chi connectivity index (χ2n) is 17.0. The largest absolute Gasteiger partial charge is 0.480 e. The highest BCUT2D eigenvalue weighted by Gasteiger charge is 2.44. The van der Waals surface area contributed by atoms with Crippen LogP contribution in [0.1, 0.15) is 83.9 Å². The number of aromatic nitrogens is 3. The fourth-order valence-electron chi connectivity index (χ4n) is 8.28. The standard InChI is InChI=1S/C43H63N11O8/c1-24(2)35(51-37(55)29(45)19-26-21-47-30-12-6-5-11-28(26)30)40(58)50-32(20-27-22-46-23-48-27)41(59)54-18-10-15-34(54)42(60)53-17-9-14-33(53)39(57)49-31(13-7-8-16-44)38(56)52-36(25(3)4)43(61)62/h5-6,11-12,21-25,29,31-36,47H,7-10,13-20,44-45H2,1-4H3,(H,46,48)(H,49,57)(H,50,58)(H,51,55)(H,52,56)(H,61,62)/t29-,31-,32-,33-,34-,35-,36-/m0/s1. The summed E-state index contributed by atoms with van der Waals surface area (Å²) in [4.78, 5) is 108. The van der Waals surface area contributed by atoms with Gasteiger partial charge in [-0.1, -0.05) is 45.9 Å². The Kier molecular flexibility index (Phi) is 16.6. The molecule has 0 spiro atoms. The monoisotopic (exact) mass is 861 g/mol. The average molecular weight is 862 g/mol. The molecule has 4 heterocycles. The lowest BCUT2D eigenvalue weighted by Crippen LogP contribution is -2.60. The Labute approximate surface area is 361 Å². The number of benzene rings is 1. The van der Waals surface area contributed by atoms with Crippen molar-refractivity contribution in [3.05, 3.63) is 54.2 Å². The smallest absolute Gasteiger partial charge is 0.326 e. The van der Waals surface area contributed by atoms with Gasteiger partial charge in [0.05, 0.1) is 12.4 Å². The van der Waals surface area contributed by atoms with Gasteiger partial charge < -0.3 is 57.6 Å². The van der Waals surface area contributed by atoms with Gasteiger partial charge in [0.25, 0.3) is 0 Å². The summed E-state index contributed by atoms with van der Waals surface area (Å²) in [5.41, 5.74) is 14.4. The summed E-state index contributed by atoms with van der Waals surface area (Å²) in [7, 11) is 0. The van der Waals surface area contributed by atoms with Crippen LogP contribution in [0.3, 0.4) is 0 Å². The first-order valence-electron chi connectivity index (χ1n) is 21.6. The molecule has 19 heteroatoms. The number of nitrogens with one attached hydrogen (secondary N) is 6. The lowest BCUT2D eigenvalue weighted by Gasteiger charge is -2.34. The molecular formula is C43H63N11O8. The number of nitrogens with zero attached hydrogens (tertiary/aromatic N) is 3. The molecular weight excluding hydrogens is 799 g/mol. The van der Waals surface area contributed by atoms with Gasteiger partial charge >= 0.3 is 5.97 Å². The van der Waals surface area contributed by atoms with E-state index in [0.29, 0.717) is 50.8 Å². The van der Waals surface area contributed by atoms with Crippen molar-refractivity contribution in [3.63, 3.8) is 0 Å². The number of para-hydroxylation sites is 1. The predicted molar refractivity (Wildman–Crippen MR) is 230 cm³/mol. The molecule has 0 radical (unpaired) electrons. The third-order valence-corrected chi connectivity index (χ3v) is 11.8. The van der Waals surface area contributed by atoms with Crippen LogP contribution in [0.2, 0.25) is 0 Å². The van der Waals surface area contributed by atoms with E-state index in [-0.39, 0.29) is 38.3 Å². The highest BCUT2D eigenvalue weighted by Crippen LogP contribution is 2.27. The van der Waals surface area contributed by atoms with Crippen molar-refractivity contribution < 1.29 is 38.7 Å². The van der Waals surface area contributed by atoms with Gasteiger partial charge in [-0.2, -0.15) is 0 Å². The third-order valence-electron chi connectivity index (χ3n) is 11.8. The molecule has 2 aromatic heterocycles. The molecule has 3 aromatic rings. The Bertz CT molecular complexity index is 2040. The van der Waals surface area contributed by atoms with Gasteiger partial charge in [0.2, 0.25) is 35.4 Å². The van der Waals surface area contributed by atoms with Crippen LogP contribution < -0.4 is 32.7 Å². The van der Waals surface area contributed by atoms with E-state index < -0.39 is 89.6 Å². The Morgan fingerprint density at radius 2 is 1.48 bits per heavy atom. The lowest BCUT2D eigenvalue weighted by atomic mass is 10.00. The molecule has 0 unspecified atom stereocenters. The molecule has 11 N–H and O–H groups in total. The van der Waals surface area contributed by atoms with E-state index >= 15 is 0 Å². The highest BCUT2D eigenvalue weighted by molar-refractivity contribution is 5.98. The number of hydrogen-bond acceptors (Lipinski definition) is 10. The van der Waals surface area contributed by atoms with Crippen molar-refractivity contribution in [2.24, 2.45) is 23.3 Å². The first-order valence-corrected chi connectivity index (χ1v) is 21.6. The fourth-order valence-corrected chi connectivity index (χ4v) is 8.28. The van der Waals surface area contributed by atoms with Gasteiger partial charge in [-0.3, -0.25) is 28.8 Å². The maximum Gasteiger partial charge on any atom is 0.326 e. The normalized spacial score (nSPS) is 18.9. The van der Waals surface area contributed by atoms with Crippen LogP contribution in [0, 0.1) is 11.8 Å². The molecule has 19 nitrogen and oxygen atoms in total. The Hall–Kier alpha value is -5.82. The summed E-state index contributed by atoms with van der Waals surface area (Å²) in [5, 5.41) is 21.6. The minimum Gasteiger partial charge on any atom is -0.480 e. The van der Waals surface area contributed by atoms with E-state index in [0.717, 1.165) is 16.5 Å². The molecule has 2 saturated heterocycles. The zero-order valence-corrected chi connectivity index (χ0v) is 36.0. The minimum atomic E-state index is -1.20. The Balaban J connectivity index is 1.28. The molecule has 1 aromatic carbocycles. The molecule has 62 heavy (non-hydrogen) atoms. The van der Waals surface area contributed by atoms with E-state index in [1.807, 2.05) is 30.5 Å². The molecule has 0 saturated carbocycles. The number of fused-ring (bicyclic) bond motifs is 1. The van der Waals surface area contributed by atoms with Gasteiger partial charge in [-0.15, -0.1) is 0 Å². The van der Waals surface area contributed by atoms with Gasteiger partial charge in [-0.25, -0.2) is 9.78 Å². The molecule has 2 fully saturated rings. The summed E-state index contributed by atoms with van der Waals surface area (Å²) >= 11 is 0. The quantitative estimate of drug-likeness (QED) is 0.0663. The number of hydrogen-bond donors (Lipinski definition) is 9. The van der Waals surface area contributed by atoms with Gasteiger partial charge in [0, 0.05) is 48.5 Å². The second-order valence-corrected chi connectivity index (χ2v) is 17.0. The topological polar surface area (TPSA) is 291 Å². The molecule has 338 valence electrons. The molecule has 0 aliphatic carbocycles. The van der Waals surface area contributed by atoms with Crippen molar-refractivity contribution in [2.45, 2.75) is 128 Å². The zero-order chi connectivity index (χ0) is 45.1. The third kappa shape index (κ3) is 11.8. The summed E-state index contributed by atoms with van der Waals surface area (Å²) in [6.07, 6.45) is 8.00. The number of amides is 6. The van der Waals surface area contributed by atoms with E-state index in [2.05, 4.69) is 36.2 Å². The molecule has 2 aliphatic heterocycles. The number of carbonyl (C=O) groups is 7.